The molecule has 0 spiro atoms. The van der Waals surface area contributed by atoms with Crippen molar-refractivity contribution in [2.45, 2.75) is 31.9 Å². The Kier molecular flexibility index (Phi) is 5.21. The van der Waals surface area contributed by atoms with Gasteiger partial charge in [-0.25, -0.2) is 0 Å². The molecule has 1 heterocycles. The largest absolute Gasteiger partial charge is 0.376 e. The average Bonchev–Trinajstić information content (AvgIpc) is 2.79. The molecule has 92 valence electrons. The summed E-state index contributed by atoms with van der Waals surface area (Å²) in [7, 11) is 0. The van der Waals surface area contributed by atoms with Crippen molar-refractivity contribution in [1.82, 2.24) is 10.6 Å². The normalized spacial score (nSPS) is 21.5. The maximum atomic E-state index is 11.4. The highest BCUT2D eigenvalue weighted by molar-refractivity contribution is 6.35. The summed E-state index contributed by atoms with van der Waals surface area (Å²) in [6.07, 6.45) is 1.95. The zero-order valence-electron chi connectivity index (χ0n) is 9.49. The highest BCUT2D eigenvalue weighted by Gasteiger charge is 2.25. The standard InChI is InChI=1S/C10H19N3O3/c1-7(8-3-2-6-16-8)13-10(15)9(14)12-5-4-11/h7-8H,2-6,11H2,1H3,(H,12,14)(H,13,15). The third-order valence-electron chi connectivity index (χ3n) is 2.52. The maximum Gasteiger partial charge on any atom is 0.309 e. The summed E-state index contributed by atoms with van der Waals surface area (Å²) in [6.45, 7) is 3.19. The van der Waals surface area contributed by atoms with Gasteiger partial charge in [0.2, 0.25) is 0 Å². The minimum absolute atomic E-state index is 0.0197. The number of ether oxygens (including phenoxy) is 1. The highest BCUT2D eigenvalue weighted by atomic mass is 16.5. The fourth-order valence-electron chi connectivity index (χ4n) is 1.63. The Labute approximate surface area is 94.9 Å². The van der Waals surface area contributed by atoms with E-state index >= 15 is 0 Å². The summed E-state index contributed by atoms with van der Waals surface area (Å²) in [4.78, 5) is 22.6. The smallest absolute Gasteiger partial charge is 0.309 e. The second-order valence-electron chi connectivity index (χ2n) is 3.86. The molecule has 0 aromatic carbocycles. The van der Waals surface area contributed by atoms with Crippen LogP contribution in [0, 0.1) is 0 Å². The van der Waals surface area contributed by atoms with Crippen molar-refractivity contribution in [1.29, 1.82) is 0 Å². The van der Waals surface area contributed by atoms with Crippen LogP contribution >= 0.6 is 0 Å². The number of carbonyl (C=O) groups is 2. The maximum absolute atomic E-state index is 11.4. The first kappa shape index (κ1) is 12.9. The fraction of sp³-hybridized carbons (Fsp3) is 0.800. The summed E-state index contributed by atoms with van der Waals surface area (Å²) in [5, 5.41) is 5.02. The second-order valence-corrected chi connectivity index (χ2v) is 3.86. The van der Waals surface area contributed by atoms with E-state index in [2.05, 4.69) is 10.6 Å². The topological polar surface area (TPSA) is 93.5 Å². The van der Waals surface area contributed by atoms with Crippen molar-refractivity contribution in [3.8, 4) is 0 Å². The summed E-state index contributed by atoms with van der Waals surface area (Å²) in [6, 6.07) is -0.140. The molecule has 2 amide bonds. The number of hydrogen-bond acceptors (Lipinski definition) is 4. The van der Waals surface area contributed by atoms with Crippen molar-refractivity contribution in [2.24, 2.45) is 5.73 Å². The van der Waals surface area contributed by atoms with Crippen molar-refractivity contribution >= 4 is 11.8 Å². The molecule has 6 nitrogen and oxygen atoms in total. The monoisotopic (exact) mass is 229 g/mol. The molecule has 0 aromatic heterocycles. The van der Waals surface area contributed by atoms with Crippen LogP contribution in [0.15, 0.2) is 0 Å². The molecule has 6 heteroatoms. The minimum Gasteiger partial charge on any atom is -0.376 e. The van der Waals surface area contributed by atoms with Gasteiger partial charge in [0, 0.05) is 19.7 Å². The first-order valence-corrected chi connectivity index (χ1v) is 5.55. The van der Waals surface area contributed by atoms with Crippen LogP contribution in [0.25, 0.3) is 0 Å². The predicted molar refractivity (Wildman–Crippen MR) is 58.6 cm³/mol. The van der Waals surface area contributed by atoms with Crippen LogP contribution in [0.4, 0.5) is 0 Å². The van der Waals surface area contributed by atoms with Gasteiger partial charge in [0.15, 0.2) is 0 Å². The van der Waals surface area contributed by atoms with Crippen molar-refractivity contribution in [2.75, 3.05) is 19.7 Å². The lowest BCUT2D eigenvalue weighted by Gasteiger charge is -2.19. The predicted octanol–water partition coefficient (Wildman–Crippen LogP) is -1.25. The molecule has 1 aliphatic rings. The molecule has 1 fully saturated rings. The molecule has 2 unspecified atom stereocenters. The van der Waals surface area contributed by atoms with Gasteiger partial charge in [-0.05, 0) is 19.8 Å². The molecule has 1 rings (SSSR count). The Morgan fingerprint density at radius 1 is 1.50 bits per heavy atom. The molecule has 2 atom stereocenters. The third kappa shape index (κ3) is 3.79. The molecule has 0 aliphatic carbocycles. The number of nitrogens with one attached hydrogen (secondary N) is 2. The van der Waals surface area contributed by atoms with Gasteiger partial charge in [-0.2, -0.15) is 0 Å². The van der Waals surface area contributed by atoms with Crippen molar-refractivity contribution in [3.63, 3.8) is 0 Å². The quantitative estimate of drug-likeness (QED) is 0.525. The van der Waals surface area contributed by atoms with Crippen LogP contribution in [-0.4, -0.2) is 43.7 Å². The Balaban J connectivity index is 2.29. The van der Waals surface area contributed by atoms with E-state index in [1.54, 1.807) is 0 Å². The van der Waals surface area contributed by atoms with E-state index in [1.165, 1.54) is 0 Å². The van der Waals surface area contributed by atoms with E-state index in [4.69, 9.17) is 10.5 Å². The fourth-order valence-corrected chi connectivity index (χ4v) is 1.63. The Bertz CT molecular complexity index is 252. The molecular weight excluding hydrogens is 210 g/mol. The number of carbonyl (C=O) groups excluding carboxylic acids is 2. The van der Waals surface area contributed by atoms with Gasteiger partial charge in [0.1, 0.15) is 0 Å². The average molecular weight is 229 g/mol. The number of rotatable bonds is 4. The highest BCUT2D eigenvalue weighted by Crippen LogP contribution is 2.15. The third-order valence-corrected chi connectivity index (χ3v) is 2.52. The zero-order chi connectivity index (χ0) is 12.0. The summed E-state index contributed by atoms with van der Waals surface area (Å²) in [5.41, 5.74) is 5.21. The Hall–Kier alpha value is -1.14. The molecule has 0 radical (unpaired) electrons. The Morgan fingerprint density at radius 2 is 2.25 bits per heavy atom. The SMILES string of the molecule is CC(NC(=O)C(=O)NCCN)C1CCCO1. The molecule has 1 aliphatic heterocycles. The Morgan fingerprint density at radius 3 is 2.81 bits per heavy atom. The molecule has 4 N–H and O–H groups in total. The van der Waals surface area contributed by atoms with Crippen LogP contribution in [0.3, 0.4) is 0 Å². The lowest BCUT2D eigenvalue weighted by atomic mass is 10.1. The first-order valence-electron chi connectivity index (χ1n) is 5.55. The molecular formula is C10H19N3O3. The van der Waals surface area contributed by atoms with Gasteiger partial charge in [-0.15, -0.1) is 0 Å². The van der Waals surface area contributed by atoms with Gasteiger partial charge in [-0.3, -0.25) is 9.59 Å². The zero-order valence-corrected chi connectivity index (χ0v) is 9.49. The van der Waals surface area contributed by atoms with E-state index in [9.17, 15) is 9.59 Å². The lowest BCUT2D eigenvalue weighted by molar-refractivity contribution is -0.140. The van der Waals surface area contributed by atoms with E-state index in [0.717, 1.165) is 19.4 Å². The summed E-state index contributed by atoms with van der Waals surface area (Å²) in [5.74, 6) is -1.27. The summed E-state index contributed by atoms with van der Waals surface area (Å²) < 4.78 is 5.41. The molecule has 0 aromatic rings. The van der Waals surface area contributed by atoms with Crippen LogP contribution in [0.1, 0.15) is 19.8 Å². The van der Waals surface area contributed by atoms with Gasteiger partial charge in [0.25, 0.3) is 0 Å². The van der Waals surface area contributed by atoms with E-state index in [1.807, 2.05) is 6.92 Å². The van der Waals surface area contributed by atoms with Gasteiger partial charge in [-0.1, -0.05) is 0 Å². The molecule has 16 heavy (non-hydrogen) atoms. The number of nitrogens with two attached hydrogens (primary N) is 1. The number of amides is 2. The lowest BCUT2D eigenvalue weighted by Crippen LogP contribution is -2.48. The molecule has 0 bridgehead atoms. The van der Waals surface area contributed by atoms with Gasteiger partial charge >= 0.3 is 11.8 Å². The number of hydrogen-bond donors (Lipinski definition) is 3. The van der Waals surface area contributed by atoms with E-state index < -0.39 is 11.8 Å². The molecule has 0 saturated carbocycles. The van der Waals surface area contributed by atoms with E-state index in [0.29, 0.717) is 13.1 Å². The van der Waals surface area contributed by atoms with Crippen molar-refractivity contribution < 1.29 is 14.3 Å². The second kappa shape index (κ2) is 6.44. The van der Waals surface area contributed by atoms with Gasteiger partial charge in [0.05, 0.1) is 12.1 Å². The van der Waals surface area contributed by atoms with Crippen LogP contribution in [0.2, 0.25) is 0 Å². The van der Waals surface area contributed by atoms with Gasteiger partial charge < -0.3 is 21.1 Å². The van der Waals surface area contributed by atoms with Crippen LogP contribution in [0.5, 0.6) is 0 Å². The van der Waals surface area contributed by atoms with Crippen LogP contribution in [-0.2, 0) is 14.3 Å². The van der Waals surface area contributed by atoms with Crippen molar-refractivity contribution in [3.05, 3.63) is 0 Å². The van der Waals surface area contributed by atoms with Crippen LogP contribution < -0.4 is 16.4 Å². The van der Waals surface area contributed by atoms with E-state index in [-0.39, 0.29) is 12.1 Å². The molecule has 1 saturated heterocycles. The first-order chi connectivity index (χ1) is 7.65. The summed E-state index contributed by atoms with van der Waals surface area (Å²) >= 11 is 0. The minimum atomic E-state index is -0.643.